The Labute approximate surface area is 149 Å². The molecular weight excluding hydrogens is 336 g/mol. The Bertz CT molecular complexity index is 880. The van der Waals surface area contributed by atoms with Crippen LogP contribution < -0.4 is 10.0 Å². The van der Waals surface area contributed by atoms with Crippen molar-refractivity contribution in [2.45, 2.75) is 45.1 Å². The van der Waals surface area contributed by atoms with Crippen molar-refractivity contribution < 1.29 is 13.2 Å². The number of aryl methyl sites for hydroxylation is 2. The molecule has 0 saturated heterocycles. The number of carbonyl (C=O) groups excluding carboxylic acids is 1. The molecule has 25 heavy (non-hydrogen) atoms. The molecule has 5 nitrogen and oxygen atoms in total. The van der Waals surface area contributed by atoms with Crippen LogP contribution in [0.1, 0.15) is 42.3 Å². The fourth-order valence-electron chi connectivity index (χ4n) is 2.40. The van der Waals surface area contributed by atoms with Crippen molar-refractivity contribution in [2.75, 3.05) is 5.32 Å². The van der Waals surface area contributed by atoms with Crippen LogP contribution in [0, 0.1) is 13.8 Å². The molecule has 0 aliphatic carbocycles. The molecule has 0 unspecified atom stereocenters. The van der Waals surface area contributed by atoms with Gasteiger partial charge in [0.15, 0.2) is 0 Å². The van der Waals surface area contributed by atoms with E-state index in [9.17, 15) is 13.2 Å². The Kier molecular flexibility index (Phi) is 5.34. The number of hydrogen-bond donors (Lipinski definition) is 2. The number of anilines is 1. The van der Waals surface area contributed by atoms with Gasteiger partial charge in [-0.2, -0.15) is 0 Å². The SMILES string of the molecule is Cc1ccc(NC(=O)c2ccc(S(=O)(=O)NC(C)(C)C)cc2)c(C)c1. The molecule has 0 radical (unpaired) electrons. The highest BCUT2D eigenvalue weighted by molar-refractivity contribution is 7.89. The summed E-state index contributed by atoms with van der Waals surface area (Å²) >= 11 is 0. The molecule has 0 aliphatic rings. The summed E-state index contributed by atoms with van der Waals surface area (Å²) in [4.78, 5) is 12.5. The van der Waals surface area contributed by atoms with Crippen LogP contribution >= 0.6 is 0 Å². The lowest BCUT2D eigenvalue weighted by atomic mass is 10.1. The zero-order valence-electron chi connectivity index (χ0n) is 15.2. The van der Waals surface area contributed by atoms with Crippen LogP contribution in [0.4, 0.5) is 5.69 Å². The van der Waals surface area contributed by atoms with Gasteiger partial charge in [0, 0.05) is 16.8 Å². The van der Waals surface area contributed by atoms with Gasteiger partial charge in [0.2, 0.25) is 10.0 Å². The summed E-state index contributed by atoms with van der Waals surface area (Å²) in [7, 11) is -3.61. The quantitative estimate of drug-likeness (QED) is 0.874. The van der Waals surface area contributed by atoms with Gasteiger partial charge in [-0.15, -0.1) is 0 Å². The molecule has 2 aromatic carbocycles. The first-order valence-electron chi connectivity index (χ1n) is 8.01. The highest BCUT2D eigenvalue weighted by atomic mass is 32.2. The van der Waals surface area contributed by atoms with E-state index in [2.05, 4.69) is 10.0 Å². The van der Waals surface area contributed by atoms with E-state index in [1.54, 1.807) is 20.8 Å². The van der Waals surface area contributed by atoms with Crippen molar-refractivity contribution >= 4 is 21.6 Å². The lowest BCUT2D eigenvalue weighted by Gasteiger charge is -2.20. The first-order chi connectivity index (χ1) is 11.5. The lowest BCUT2D eigenvalue weighted by Crippen LogP contribution is -2.40. The summed E-state index contributed by atoms with van der Waals surface area (Å²) in [5, 5.41) is 2.85. The summed E-state index contributed by atoms with van der Waals surface area (Å²) in [5.74, 6) is -0.278. The van der Waals surface area contributed by atoms with E-state index in [0.717, 1.165) is 16.8 Å². The summed E-state index contributed by atoms with van der Waals surface area (Å²) in [5.41, 5.74) is 2.66. The third kappa shape index (κ3) is 5.14. The highest BCUT2D eigenvalue weighted by Crippen LogP contribution is 2.18. The second-order valence-electron chi connectivity index (χ2n) is 7.15. The van der Waals surface area contributed by atoms with Gasteiger partial charge >= 0.3 is 0 Å². The normalized spacial score (nSPS) is 12.0. The second kappa shape index (κ2) is 6.98. The average molecular weight is 360 g/mol. The van der Waals surface area contributed by atoms with Gasteiger partial charge in [-0.3, -0.25) is 4.79 Å². The smallest absolute Gasteiger partial charge is 0.255 e. The van der Waals surface area contributed by atoms with Crippen LogP contribution in [-0.4, -0.2) is 19.9 Å². The van der Waals surface area contributed by atoms with Crippen molar-refractivity contribution in [3.63, 3.8) is 0 Å². The van der Waals surface area contributed by atoms with Crippen LogP contribution in [0.5, 0.6) is 0 Å². The summed E-state index contributed by atoms with van der Waals surface area (Å²) in [6.45, 7) is 9.24. The zero-order valence-corrected chi connectivity index (χ0v) is 16.0. The molecule has 2 N–H and O–H groups in total. The third-order valence-corrected chi connectivity index (χ3v) is 5.27. The van der Waals surface area contributed by atoms with E-state index < -0.39 is 15.6 Å². The molecule has 2 rings (SSSR count). The standard InChI is InChI=1S/C19H24N2O3S/c1-13-6-11-17(14(2)12-13)20-18(22)15-7-9-16(10-8-15)25(23,24)21-19(3,4)5/h6-12,21H,1-5H3,(H,20,22). The van der Waals surface area contributed by atoms with E-state index in [4.69, 9.17) is 0 Å². The van der Waals surface area contributed by atoms with Crippen LogP contribution in [0.15, 0.2) is 47.4 Å². The zero-order chi connectivity index (χ0) is 18.8. The summed E-state index contributed by atoms with van der Waals surface area (Å²) in [6, 6.07) is 11.7. The molecule has 2 aromatic rings. The minimum absolute atomic E-state index is 0.130. The van der Waals surface area contributed by atoms with Gasteiger partial charge < -0.3 is 5.32 Å². The van der Waals surface area contributed by atoms with Crippen molar-refractivity contribution in [3.05, 3.63) is 59.2 Å². The first kappa shape index (κ1) is 19.1. The number of hydrogen-bond acceptors (Lipinski definition) is 3. The maximum atomic E-state index is 12.4. The fourth-order valence-corrected chi connectivity index (χ4v) is 3.81. The van der Waals surface area contributed by atoms with Crippen LogP contribution in [-0.2, 0) is 10.0 Å². The van der Waals surface area contributed by atoms with E-state index in [-0.39, 0.29) is 10.8 Å². The number of sulfonamides is 1. The molecule has 134 valence electrons. The highest BCUT2D eigenvalue weighted by Gasteiger charge is 2.22. The molecule has 0 heterocycles. The fraction of sp³-hybridized carbons (Fsp3) is 0.316. The van der Waals surface area contributed by atoms with Gasteiger partial charge in [-0.25, -0.2) is 13.1 Å². The maximum Gasteiger partial charge on any atom is 0.255 e. The Morgan fingerprint density at radius 3 is 2.08 bits per heavy atom. The van der Waals surface area contributed by atoms with Gasteiger partial charge in [0.1, 0.15) is 0 Å². The van der Waals surface area contributed by atoms with Gasteiger partial charge in [0.05, 0.1) is 4.90 Å². The summed E-state index contributed by atoms with van der Waals surface area (Å²) < 4.78 is 27.2. The minimum Gasteiger partial charge on any atom is -0.322 e. The van der Waals surface area contributed by atoms with E-state index in [0.29, 0.717) is 5.56 Å². The van der Waals surface area contributed by atoms with Gasteiger partial charge in [-0.05, 0) is 70.5 Å². The molecule has 0 saturated carbocycles. The molecular formula is C19H24N2O3S. The molecule has 0 aliphatic heterocycles. The molecule has 0 fully saturated rings. The van der Waals surface area contributed by atoms with Crippen LogP contribution in [0.2, 0.25) is 0 Å². The average Bonchev–Trinajstić information content (AvgIpc) is 2.48. The number of benzene rings is 2. The largest absolute Gasteiger partial charge is 0.322 e. The molecule has 0 spiro atoms. The van der Waals surface area contributed by atoms with Gasteiger partial charge in [-0.1, -0.05) is 17.7 Å². The van der Waals surface area contributed by atoms with E-state index >= 15 is 0 Å². The minimum atomic E-state index is -3.61. The lowest BCUT2D eigenvalue weighted by molar-refractivity contribution is 0.102. The Morgan fingerprint density at radius 1 is 0.960 bits per heavy atom. The number of nitrogens with one attached hydrogen (secondary N) is 2. The number of amides is 1. The molecule has 0 aromatic heterocycles. The molecule has 0 atom stereocenters. The molecule has 6 heteroatoms. The number of carbonyl (C=O) groups is 1. The van der Waals surface area contributed by atoms with Crippen molar-refractivity contribution in [1.82, 2.24) is 4.72 Å². The Morgan fingerprint density at radius 2 is 1.56 bits per heavy atom. The Hall–Kier alpha value is -2.18. The van der Waals surface area contributed by atoms with Crippen molar-refractivity contribution in [2.24, 2.45) is 0 Å². The van der Waals surface area contributed by atoms with Crippen LogP contribution in [0.25, 0.3) is 0 Å². The predicted molar refractivity (Wildman–Crippen MR) is 100 cm³/mol. The maximum absolute atomic E-state index is 12.4. The Balaban J connectivity index is 2.18. The predicted octanol–water partition coefficient (Wildman–Crippen LogP) is 3.63. The van der Waals surface area contributed by atoms with Crippen molar-refractivity contribution in [3.8, 4) is 0 Å². The van der Waals surface area contributed by atoms with E-state index in [1.807, 2.05) is 32.0 Å². The monoisotopic (exact) mass is 360 g/mol. The van der Waals surface area contributed by atoms with Crippen molar-refractivity contribution in [1.29, 1.82) is 0 Å². The first-order valence-corrected chi connectivity index (χ1v) is 9.49. The topological polar surface area (TPSA) is 75.3 Å². The number of rotatable bonds is 4. The summed E-state index contributed by atoms with van der Waals surface area (Å²) in [6.07, 6.45) is 0. The van der Waals surface area contributed by atoms with E-state index in [1.165, 1.54) is 24.3 Å². The molecule has 1 amide bonds. The van der Waals surface area contributed by atoms with Gasteiger partial charge in [0.25, 0.3) is 5.91 Å². The third-order valence-electron chi connectivity index (χ3n) is 3.50. The second-order valence-corrected chi connectivity index (χ2v) is 8.83. The van der Waals surface area contributed by atoms with Crippen LogP contribution in [0.3, 0.4) is 0 Å². The molecule has 0 bridgehead atoms.